The molecule has 0 unspecified atom stereocenters. The van der Waals surface area contributed by atoms with Crippen LogP contribution in [-0.2, 0) is 0 Å². The van der Waals surface area contributed by atoms with E-state index >= 15 is 0 Å². The van der Waals surface area contributed by atoms with E-state index in [-0.39, 0.29) is 0 Å². The molecule has 0 atom stereocenters. The normalized spacial score (nSPS) is 10.1. The standard InChI is InChI=1S/C11H20N4/c1-3-4-5-8-15(2)10-6-7-13-11(9-10)14-12/h6-7,9H,3-5,8,12H2,1-2H3,(H,13,14). The SMILES string of the molecule is CCCCCN(C)c1ccnc(NN)c1. The maximum absolute atomic E-state index is 5.31. The molecule has 3 N–H and O–H groups in total. The van der Waals surface area contributed by atoms with E-state index < -0.39 is 0 Å². The average molecular weight is 208 g/mol. The summed E-state index contributed by atoms with van der Waals surface area (Å²) in [5, 5.41) is 0. The smallest absolute Gasteiger partial charge is 0.141 e. The second kappa shape index (κ2) is 6.24. The fourth-order valence-electron chi connectivity index (χ4n) is 1.46. The van der Waals surface area contributed by atoms with Crippen LogP contribution in [0.4, 0.5) is 11.5 Å². The van der Waals surface area contributed by atoms with Crippen LogP contribution >= 0.6 is 0 Å². The molecule has 84 valence electrons. The molecular weight excluding hydrogens is 188 g/mol. The van der Waals surface area contributed by atoms with Crippen LogP contribution in [0.25, 0.3) is 0 Å². The highest BCUT2D eigenvalue weighted by atomic mass is 15.2. The molecule has 0 saturated heterocycles. The highest BCUT2D eigenvalue weighted by Crippen LogP contribution is 2.15. The summed E-state index contributed by atoms with van der Waals surface area (Å²) in [4.78, 5) is 6.29. The Hall–Kier alpha value is -1.29. The lowest BCUT2D eigenvalue weighted by Crippen LogP contribution is -2.19. The van der Waals surface area contributed by atoms with Crippen LogP contribution in [0.15, 0.2) is 18.3 Å². The van der Waals surface area contributed by atoms with E-state index in [0.29, 0.717) is 5.82 Å². The summed E-state index contributed by atoms with van der Waals surface area (Å²) in [5.74, 6) is 6.01. The summed E-state index contributed by atoms with van der Waals surface area (Å²) >= 11 is 0. The van der Waals surface area contributed by atoms with Gasteiger partial charge in [-0.3, -0.25) is 0 Å². The molecule has 0 radical (unpaired) electrons. The predicted octanol–water partition coefficient (Wildman–Crippen LogP) is 1.99. The lowest BCUT2D eigenvalue weighted by atomic mass is 10.2. The molecule has 0 amide bonds. The van der Waals surface area contributed by atoms with Gasteiger partial charge in [0.15, 0.2) is 0 Å². The maximum Gasteiger partial charge on any atom is 0.141 e. The van der Waals surface area contributed by atoms with Crippen LogP contribution in [0.5, 0.6) is 0 Å². The number of nitrogens with one attached hydrogen (secondary N) is 1. The van der Waals surface area contributed by atoms with Gasteiger partial charge in [0.2, 0.25) is 0 Å². The van der Waals surface area contributed by atoms with Crippen LogP contribution in [0.2, 0.25) is 0 Å². The minimum absolute atomic E-state index is 0.704. The number of nitrogens with two attached hydrogens (primary N) is 1. The Morgan fingerprint density at radius 1 is 1.47 bits per heavy atom. The van der Waals surface area contributed by atoms with Crippen molar-refractivity contribution < 1.29 is 0 Å². The Balaban J connectivity index is 2.52. The van der Waals surface area contributed by atoms with Crippen molar-refractivity contribution in [1.29, 1.82) is 0 Å². The van der Waals surface area contributed by atoms with Crippen LogP contribution in [0, 0.1) is 0 Å². The Kier molecular flexibility index (Phi) is 4.90. The van der Waals surface area contributed by atoms with Crippen molar-refractivity contribution in [3.05, 3.63) is 18.3 Å². The van der Waals surface area contributed by atoms with E-state index in [1.54, 1.807) is 6.20 Å². The van der Waals surface area contributed by atoms with E-state index in [4.69, 9.17) is 5.84 Å². The van der Waals surface area contributed by atoms with Crippen molar-refractivity contribution >= 4 is 11.5 Å². The van der Waals surface area contributed by atoms with Gasteiger partial charge in [0, 0.05) is 31.5 Å². The van der Waals surface area contributed by atoms with Crippen LogP contribution < -0.4 is 16.2 Å². The van der Waals surface area contributed by atoms with Crippen molar-refractivity contribution in [3.63, 3.8) is 0 Å². The molecule has 0 aliphatic carbocycles. The van der Waals surface area contributed by atoms with Crippen molar-refractivity contribution in [2.24, 2.45) is 5.84 Å². The van der Waals surface area contributed by atoms with Gasteiger partial charge in [0.25, 0.3) is 0 Å². The van der Waals surface area contributed by atoms with Gasteiger partial charge in [-0.2, -0.15) is 0 Å². The fourth-order valence-corrected chi connectivity index (χ4v) is 1.46. The molecule has 4 nitrogen and oxygen atoms in total. The third kappa shape index (κ3) is 3.75. The van der Waals surface area contributed by atoms with Crippen molar-refractivity contribution in [2.45, 2.75) is 26.2 Å². The zero-order chi connectivity index (χ0) is 11.1. The molecule has 0 aliphatic rings. The number of hydrogen-bond donors (Lipinski definition) is 2. The van der Waals surface area contributed by atoms with Gasteiger partial charge >= 0.3 is 0 Å². The molecule has 0 aliphatic heterocycles. The topological polar surface area (TPSA) is 54.2 Å². The molecule has 1 heterocycles. The number of pyridine rings is 1. The number of aromatic nitrogens is 1. The maximum atomic E-state index is 5.31. The number of hydrazine groups is 1. The predicted molar refractivity (Wildman–Crippen MR) is 64.8 cm³/mol. The lowest BCUT2D eigenvalue weighted by Gasteiger charge is -2.19. The fraction of sp³-hybridized carbons (Fsp3) is 0.545. The van der Waals surface area contributed by atoms with Gasteiger partial charge in [-0.15, -0.1) is 0 Å². The molecule has 0 fully saturated rings. The highest BCUT2D eigenvalue weighted by Gasteiger charge is 2.01. The number of nitrogen functional groups attached to an aromatic ring is 1. The van der Waals surface area contributed by atoms with Crippen molar-refractivity contribution in [3.8, 4) is 0 Å². The summed E-state index contributed by atoms with van der Waals surface area (Å²) < 4.78 is 0. The third-order valence-electron chi connectivity index (χ3n) is 2.43. The summed E-state index contributed by atoms with van der Waals surface area (Å²) in [6.45, 7) is 3.28. The summed E-state index contributed by atoms with van der Waals surface area (Å²) in [7, 11) is 2.09. The van der Waals surface area contributed by atoms with Gasteiger partial charge in [-0.05, 0) is 12.5 Å². The summed E-state index contributed by atoms with van der Waals surface area (Å²) in [6.07, 6.45) is 5.51. The lowest BCUT2D eigenvalue weighted by molar-refractivity contribution is 0.705. The average Bonchev–Trinajstić information content (AvgIpc) is 2.29. The first-order valence-corrected chi connectivity index (χ1v) is 5.41. The monoisotopic (exact) mass is 208 g/mol. The molecule has 1 aromatic rings. The van der Waals surface area contributed by atoms with Gasteiger partial charge in [0.1, 0.15) is 5.82 Å². The van der Waals surface area contributed by atoms with Crippen molar-refractivity contribution in [2.75, 3.05) is 23.9 Å². The number of hydrogen-bond acceptors (Lipinski definition) is 4. The molecule has 0 bridgehead atoms. The largest absolute Gasteiger partial charge is 0.374 e. The molecule has 0 aromatic carbocycles. The van der Waals surface area contributed by atoms with E-state index in [0.717, 1.165) is 12.2 Å². The number of nitrogens with zero attached hydrogens (tertiary/aromatic N) is 2. The molecule has 0 saturated carbocycles. The summed E-state index contributed by atoms with van der Waals surface area (Å²) in [5.41, 5.74) is 3.70. The van der Waals surface area contributed by atoms with E-state index in [1.165, 1.54) is 19.3 Å². The van der Waals surface area contributed by atoms with E-state index in [2.05, 4.69) is 29.3 Å². The second-order valence-corrected chi connectivity index (χ2v) is 3.67. The minimum Gasteiger partial charge on any atom is -0.374 e. The van der Waals surface area contributed by atoms with Crippen LogP contribution in [-0.4, -0.2) is 18.6 Å². The Bertz CT molecular complexity index is 288. The van der Waals surface area contributed by atoms with Gasteiger partial charge in [0.05, 0.1) is 0 Å². The van der Waals surface area contributed by atoms with Gasteiger partial charge in [-0.25, -0.2) is 10.8 Å². The Morgan fingerprint density at radius 3 is 2.93 bits per heavy atom. The zero-order valence-electron chi connectivity index (χ0n) is 9.53. The summed E-state index contributed by atoms with van der Waals surface area (Å²) in [6, 6.07) is 3.94. The first-order chi connectivity index (χ1) is 7.27. The molecule has 0 spiro atoms. The third-order valence-corrected chi connectivity index (χ3v) is 2.43. The molecule has 1 rings (SSSR count). The first-order valence-electron chi connectivity index (χ1n) is 5.41. The zero-order valence-corrected chi connectivity index (χ0v) is 9.53. The quantitative estimate of drug-likeness (QED) is 0.426. The van der Waals surface area contributed by atoms with E-state index in [1.807, 2.05) is 12.1 Å². The first kappa shape index (κ1) is 11.8. The number of unbranched alkanes of at least 4 members (excludes halogenated alkanes) is 2. The Morgan fingerprint density at radius 2 is 2.27 bits per heavy atom. The Labute approximate surface area is 91.5 Å². The van der Waals surface area contributed by atoms with Crippen LogP contribution in [0.1, 0.15) is 26.2 Å². The van der Waals surface area contributed by atoms with Crippen LogP contribution in [0.3, 0.4) is 0 Å². The highest BCUT2D eigenvalue weighted by molar-refractivity contribution is 5.52. The van der Waals surface area contributed by atoms with E-state index in [9.17, 15) is 0 Å². The van der Waals surface area contributed by atoms with Crippen molar-refractivity contribution in [1.82, 2.24) is 4.98 Å². The number of anilines is 2. The van der Waals surface area contributed by atoms with Gasteiger partial charge in [-0.1, -0.05) is 19.8 Å². The molecule has 4 heteroatoms. The van der Waals surface area contributed by atoms with Gasteiger partial charge < -0.3 is 10.3 Å². The molecule has 15 heavy (non-hydrogen) atoms. The number of rotatable bonds is 6. The molecular formula is C11H20N4. The molecule has 1 aromatic heterocycles. The second-order valence-electron chi connectivity index (χ2n) is 3.67. The minimum atomic E-state index is 0.704.